The molecule has 0 bridgehead atoms. The van der Waals surface area contributed by atoms with Gasteiger partial charge in [0.15, 0.2) is 5.78 Å². The number of nitrogens with two attached hydrogens (primary N) is 1. The van der Waals surface area contributed by atoms with E-state index in [2.05, 4.69) is 27.6 Å². The molecule has 0 spiro atoms. The monoisotopic (exact) mass is 355 g/mol. The summed E-state index contributed by atoms with van der Waals surface area (Å²) in [4.78, 5) is 16.1. The van der Waals surface area contributed by atoms with Crippen LogP contribution in [0.4, 0.5) is 5.82 Å². The molecule has 2 aromatic rings. The Morgan fingerprint density at radius 3 is 2.83 bits per heavy atom. The van der Waals surface area contributed by atoms with Crippen LogP contribution in [-0.4, -0.2) is 19.3 Å². The highest BCUT2D eigenvalue weighted by atomic mass is 127. The molecule has 0 aliphatic heterocycles. The summed E-state index contributed by atoms with van der Waals surface area (Å²) in [5, 5.41) is 0. The summed E-state index contributed by atoms with van der Waals surface area (Å²) >= 11 is 2.10. The van der Waals surface area contributed by atoms with Crippen LogP contribution < -0.4 is 5.73 Å². The summed E-state index contributed by atoms with van der Waals surface area (Å²) in [6.07, 6.45) is 3.48. The molecule has 1 atom stereocenters. The van der Waals surface area contributed by atoms with Crippen LogP contribution in [0.5, 0.6) is 0 Å². The Hall–Kier alpha value is -1.37. The van der Waals surface area contributed by atoms with E-state index in [9.17, 15) is 4.79 Å². The van der Waals surface area contributed by atoms with Crippen molar-refractivity contribution in [1.82, 2.24) is 9.55 Å². The number of ketones is 1. The van der Waals surface area contributed by atoms with Crippen LogP contribution in [0.3, 0.4) is 0 Å². The van der Waals surface area contributed by atoms with Gasteiger partial charge in [0.05, 0.1) is 15.2 Å². The highest BCUT2D eigenvalue weighted by Gasteiger charge is 2.20. The number of alkyl halides is 1. The predicted molar refractivity (Wildman–Crippen MR) is 80.9 cm³/mol. The van der Waals surface area contributed by atoms with Crippen molar-refractivity contribution in [3.05, 3.63) is 36.2 Å². The maximum atomic E-state index is 12.0. The minimum absolute atomic E-state index is 0.0545. The number of nitrogens with zero attached hydrogens (tertiary/aromatic N) is 2. The van der Waals surface area contributed by atoms with Crippen LogP contribution in [0.25, 0.3) is 11.3 Å². The number of nitrogen functional groups attached to an aromatic ring is 1. The molecule has 0 saturated heterocycles. The topological polar surface area (TPSA) is 60.9 Å². The van der Waals surface area contributed by atoms with E-state index >= 15 is 0 Å². The second-order valence-electron chi connectivity index (χ2n) is 4.11. The molecule has 2 heterocycles. The zero-order chi connectivity index (χ0) is 13.3. The summed E-state index contributed by atoms with van der Waals surface area (Å²) in [5.74, 6) is 0.557. The number of carbonyl (C=O) groups is 1. The van der Waals surface area contributed by atoms with Gasteiger partial charge >= 0.3 is 0 Å². The van der Waals surface area contributed by atoms with Gasteiger partial charge in [0.1, 0.15) is 5.82 Å². The second kappa shape index (κ2) is 5.09. The van der Waals surface area contributed by atoms with Crippen molar-refractivity contribution in [2.75, 3.05) is 5.73 Å². The first-order valence-corrected chi connectivity index (χ1v) is 6.80. The number of carbonyl (C=O) groups excluding carboxylic acids is 1. The lowest BCUT2D eigenvalue weighted by Crippen LogP contribution is -2.11. The Kier molecular flexibility index (Phi) is 3.70. The molecule has 0 unspecified atom stereocenters. The molecule has 18 heavy (non-hydrogen) atoms. The minimum atomic E-state index is -0.0888. The number of anilines is 1. The van der Waals surface area contributed by atoms with Crippen LogP contribution in [0.2, 0.25) is 0 Å². The third-order valence-corrected chi connectivity index (χ3v) is 3.43. The van der Waals surface area contributed by atoms with Gasteiger partial charge in [-0.05, 0) is 25.1 Å². The van der Waals surface area contributed by atoms with Crippen molar-refractivity contribution in [3.63, 3.8) is 0 Å². The molecule has 0 fully saturated rings. The van der Waals surface area contributed by atoms with Crippen LogP contribution in [0.1, 0.15) is 17.3 Å². The molecule has 2 N–H and O–H groups in total. The minimum Gasteiger partial charge on any atom is -0.384 e. The van der Waals surface area contributed by atoms with E-state index in [1.54, 1.807) is 12.4 Å². The van der Waals surface area contributed by atoms with Crippen LogP contribution in [0, 0.1) is 0 Å². The molecular weight excluding hydrogens is 341 g/mol. The fourth-order valence-electron chi connectivity index (χ4n) is 1.82. The first-order chi connectivity index (χ1) is 8.52. The Morgan fingerprint density at radius 2 is 2.28 bits per heavy atom. The number of halogens is 1. The largest absolute Gasteiger partial charge is 0.384 e. The van der Waals surface area contributed by atoms with Crippen molar-refractivity contribution in [3.8, 4) is 11.3 Å². The molecule has 0 amide bonds. The van der Waals surface area contributed by atoms with Gasteiger partial charge < -0.3 is 10.3 Å². The average Bonchev–Trinajstić information content (AvgIpc) is 2.67. The van der Waals surface area contributed by atoms with E-state index < -0.39 is 0 Å². The predicted octanol–water partition coefficient (Wildman–Crippen LogP) is 2.68. The van der Waals surface area contributed by atoms with E-state index in [1.165, 1.54) is 0 Å². The van der Waals surface area contributed by atoms with Crippen LogP contribution in [0.15, 0.2) is 30.6 Å². The Labute approximate surface area is 119 Å². The summed E-state index contributed by atoms with van der Waals surface area (Å²) in [5.41, 5.74) is 8.43. The smallest absolute Gasteiger partial charge is 0.179 e. The number of Topliss-reactive ketones (excluding diaryl/α,β-unsaturated/α-hetero) is 1. The molecule has 2 rings (SSSR count). The maximum Gasteiger partial charge on any atom is 0.179 e. The van der Waals surface area contributed by atoms with E-state index in [-0.39, 0.29) is 9.71 Å². The molecular formula is C13H14IN3O. The third-order valence-electron chi connectivity index (χ3n) is 2.86. The molecule has 0 aliphatic rings. The van der Waals surface area contributed by atoms with Gasteiger partial charge in [0.2, 0.25) is 0 Å². The van der Waals surface area contributed by atoms with Crippen molar-refractivity contribution >= 4 is 34.2 Å². The third kappa shape index (κ3) is 2.27. The van der Waals surface area contributed by atoms with E-state index in [4.69, 9.17) is 5.73 Å². The summed E-state index contributed by atoms with van der Waals surface area (Å²) < 4.78 is 1.73. The number of hydrogen-bond donors (Lipinski definition) is 1. The summed E-state index contributed by atoms with van der Waals surface area (Å²) in [6, 6.07) is 5.65. The van der Waals surface area contributed by atoms with Crippen molar-refractivity contribution in [2.24, 2.45) is 7.05 Å². The Morgan fingerprint density at radius 1 is 1.56 bits per heavy atom. The summed E-state index contributed by atoms with van der Waals surface area (Å²) in [7, 11) is 1.85. The first kappa shape index (κ1) is 13.1. The van der Waals surface area contributed by atoms with Gasteiger partial charge in [-0.1, -0.05) is 22.6 Å². The van der Waals surface area contributed by atoms with Gasteiger partial charge in [-0.2, -0.15) is 0 Å². The molecule has 0 aliphatic carbocycles. The van der Waals surface area contributed by atoms with Gasteiger partial charge in [-0.25, -0.2) is 0 Å². The second-order valence-corrected chi connectivity index (χ2v) is 5.98. The molecule has 0 radical (unpaired) electrons. The van der Waals surface area contributed by atoms with Gasteiger partial charge in [0.25, 0.3) is 0 Å². The van der Waals surface area contributed by atoms with Crippen LogP contribution in [-0.2, 0) is 7.05 Å². The van der Waals surface area contributed by atoms with Crippen molar-refractivity contribution in [2.45, 2.75) is 10.8 Å². The molecule has 0 aromatic carbocycles. The number of pyridine rings is 1. The van der Waals surface area contributed by atoms with Gasteiger partial charge in [-0.15, -0.1) is 0 Å². The standard InChI is InChI=1S/C13H14IN3O/c1-8(14)12(18)10-6-11(17(2)13(10)15)9-4-3-5-16-7-9/h3-8H,15H2,1-2H3/t8-/m0/s1. The first-order valence-electron chi connectivity index (χ1n) is 5.56. The molecule has 5 heteroatoms. The zero-order valence-electron chi connectivity index (χ0n) is 10.2. The lowest BCUT2D eigenvalue weighted by molar-refractivity contribution is 0.0999. The number of aromatic nitrogens is 2. The van der Waals surface area contributed by atoms with E-state index in [0.717, 1.165) is 11.3 Å². The molecule has 4 nitrogen and oxygen atoms in total. The van der Waals surface area contributed by atoms with E-state index in [1.807, 2.05) is 36.7 Å². The number of rotatable bonds is 3. The molecule has 0 saturated carbocycles. The van der Waals surface area contributed by atoms with Crippen molar-refractivity contribution < 1.29 is 4.79 Å². The Bertz CT molecular complexity index is 575. The van der Waals surface area contributed by atoms with Crippen molar-refractivity contribution in [1.29, 1.82) is 0 Å². The molecule has 94 valence electrons. The van der Waals surface area contributed by atoms with Gasteiger partial charge in [0, 0.05) is 25.0 Å². The average molecular weight is 355 g/mol. The fraction of sp³-hybridized carbons (Fsp3) is 0.231. The van der Waals surface area contributed by atoms with E-state index in [0.29, 0.717) is 11.4 Å². The Balaban J connectivity index is 2.53. The zero-order valence-corrected chi connectivity index (χ0v) is 12.4. The highest BCUT2D eigenvalue weighted by Crippen LogP contribution is 2.27. The maximum absolute atomic E-state index is 12.0. The normalized spacial score (nSPS) is 12.4. The number of hydrogen-bond acceptors (Lipinski definition) is 3. The van der Waals surface area contributed by atoms with Gasteiger partial charge in [-0.3, -0.25) is 9.78 Å². The lowest BCUT2D eigenvalue weighted by Gasteiger charge is -2.04. The quantitative estimate of drug-likeness (QED) is 0.523. The molecule has 2 aromatic heterocycles. The highest BCUT2D eigenvalue weighted by molar-refractivity contribution is 14.1. The van der Waals surface area contributed by atoms with Crippen LogP contribution >= 0.6 is 22.6 Å². The SMILES string of the molecule is C[C@H](I)C(=O)c1cc(-c2cccnc2)n(C)c1N. The summed E-state index contributed by atoms with van der Waals surface area (Å²) in [6.45, 7) is 1.86. The lowest BCUT2D eigenvalue weighted by atomic mass is 10.1. The fourth-order valence-corrected chi connectivity index (χ4v) is 2.16.